The zero-order valence-corrected chi connectivity index (χ0v) is 18.6. The van der Waals surface area contributed by atoms with Gasteiger partial charge in [0.15, 0.2) is 5.82 Å². The van der Waals surface area contributed by atoms with Gasteiger partial charge >= 0.3 is 6.18 Å². The lowest BCUT2D eigenvalue weighted by atomic mass is 9.77. The quantitative estimate of drug-likeness (QED) is 0.600. The second-order valence-corrected chi connectivity index (χ2v) is 8.56. The maximum absolute atomic E-state index is 14.2. The third-order valence-corrected chi connectivity index (χ3v) is 6.50. The molecule has 1 aromatic carbocycles. The number of carbonyl (C=O) groups excluding carboxylic acids is 2. The Labute approximate surface area is 199 Å². The van der Waals surface area contributed by atoms with Gasteiger partial charge in [0, 0.05) is 18.8 Å². The summed E-state index contributed by atoms with van der Waals surface area (Å²) in [6.45, 7) is -0.666. The third kappa shape index (κ3) is 4.37. The Morgan fingerprint density at radius 2 is 1.82 bits per heavy atom. The standard InChI is InChI=1S/C19H13Cl3F3N5O3/c20-10-1-9(2-11(21)14(10)22)18(19(23,24)25)3-12(28-7-18)15-26-4-8(5-27-15)16(31)29-13-6-33-30-17(13)32/h1-2,4-5,13H,3,6-7H2,(H,29,31)(H,30,32). The first kappa shape index (κ1) is 23.7. The number of aromatic nitrogens is 2. The van der Waals surface area contributed by atoms with Gasteiger partial charge in [0.25, 0.3) is 11.8 Å². The number of amides is 2. The van der Waals surface area contributed by atoms with Crippen LogP contribution >= 0.6 is 34.8 Å². The Hall–Kier alpha value is -2.47. The van der Waals surface area contributed by atoms with Crippen molar-refractivity contribution in [3.63, 3.8) is 0 Å². The van der Waals surface area contributed by atoms with Gasteiger partial charge in [-0.3, -0.25) is 19.4 Å². The summed E-state index contributed by atoms with van der Waals surface area (Å²) in [5.41, 5.74) is -0.459. The molecule has 8 nitrogen and oxygen atoms in total. The van der Waals surface area contributed by atoms with Crippen molar-refractivity contribution >= 4 is 52.3 Å². The number of nitrogens with one attached hydrogen (secondary N) is 2. The molecular weight excluding hydrogens is 510 g/mol. The molecule has 2 aliphatic rings. The van der Waals surface area contributed by atoms with Crippen molar-refractivity contribution < 1.29 is 27.6 Å². The van der Waals surface area contributed by atoms with E-state index in [1.165, 1.54) is 0 Å². The topological polar surface area (TPSA) is 106 Å². The Morgan fingerprint density at radius 1 is 1.18 bits per heavy atom. The molecule has 0 aliphatic carbocycles. The van der Waals surface area contributed by atoms with E-state index in [0.717, 1.165) is 24.5 Å². The van der Waals surface area contributed by atoms with Crippen molar-refractivity contribution in [2.45, 2.75) is 24.1 Å². The average molecular weight is 523 g/mol. The zero-order chi connectivity index (χ0) is 24.0. The number of halogens is 6. The second kappa shape index (κ2) is 8.71. The number of hydrogen-bond donors (Lipinski definition) is 2. The van der Waals surface area contributed by atoms with E-state index in [9.17, 15) is 22.8 Å². The molecule has 2 atom stereocenters. The number of alkyl halides is 3. The number of rotatable bonds is 4. The van der Waals surface area contributed by atoms with E-state index < -0.39 is 42.4 Å². The van der Waals surface area contributed by atoms with Crippen molar-refractivity contribution in [1.29, 1.82) is 0 Å². The first-order valence-corrected chi connectivity index (χ1v) is 10.5. The highest BCUT2D eigenvalue weighted by Crippen LogP contribution is 2.49. The molecule has 3 heterocycles. The van der Waals surface area contributed by atoms with Crippen LogP contribution < -0.4 is 10.8 Å². The van der Waals surface area contributed by atoms with Crippen molar-refractivity contribution in [2.24, 2.45) is 4.99 Å². The second-order valence-electron chi connectivity index (χ2n) is 7.37. The van der Waals surface area contributed by atoms with Crippen LogP contribution in [0.3, 0.4) is 0 Å². The minimum atomic E-state index is -4.69. The van der Waals surface area contributed by atoms with Crippen LogP contribution in [0.4, 0.5) is 13.2 Å². The van der Waals surface area contributed by atoms with Gasteiger partial charge in [-0.05, 0) is 17.7 Å². The van der Waals surface area contributed by atoms with Crippen molar-refractivity contribution in [3.8, 4) is 0 Å². The minimum absolute atomic E-state index is 0.00467. The summed E-state index contributed by atoms with van der Waals surface area (Å²) >= 11 is 17.8. The molecule has 2 aliphatic heterocycles. The predicted molar refractivity (Wildman–Crippen MR) is 113 cm³/mol. The lowest BCUT2D eigenvalue weighted by Crippen LogP contribution is -2.44. The molecule has 1 fully saturated rings. The first-order valence-electron chi connectivity index (χ1n) is 9.32. The summed E-state index contributed by atoms with van der Waals surface area (Å²) in [6, 6.07) is 1.37. The Bertz CT molecular complexity index is 1140. The van der Waals surface area contributed by atoms with E-state index in [-0.39, 0.29) is 44.3 Å². The Balaban J connectivity index is 1.56. The lowest BCUT2D eigenvalue weighted by molar-refractivity contribution is -0.183. The highest BCUT2D eigenvalue weighted by atomic mass is 35.5. The molecule has 4 rings (SSSR count). The largest absolute Gasteiger partial charge is 0.400 e. The van der Waals surface area contributed by atoms with Crippen LogP contribution in [0.2, 0.25) is 15.1 Å². The zero-order valence-electron chi connectivity index (χ0n) is 16.3. The number of hydroxylamine groups is 1. The molecule has 0 radical (unpaired) electrons. The molecule has 2 unspecified atom stereocenters. The molecular formula is C19H13Cl3F3N5O3. The molecule has 0 spiro atoms. The molecule has 174 valence electrons. The van der Waals surface area contributed by atoms with E-state index in [0.29, 0.717) is 0 Å². The molecule has 0 saturated carbocycles. The fraction of sp³-hybridized carbons (Fsp3) is 0.316. The molecule has 33 heavy (non-hydrogen) atoms. The summed E-state index contributed by atoms with van der Waals surface area (Å²) < 4.78 is 42.7. The van der Waals surface area contributed by atoms with Crippen LogP contribution in [0.5, 0.6) is 0 Å². The average Bonchev–Trinajstić information content (AvgIpc) is 3.39. The summed E-state index contributed by atoms with van der Waals surface area (Å²) in [4.78, 5) is 40.5. The van der Waals surface area contributed by atoms with Crippen LogP contribution in [0.15, 0.2) is 29.5 Å². The van der Waals surface area contributed by atoms with E-state index in [1.807, 2.05) is 0 Å². The molecule has 2 amide bonds. The molecule has 2 aromatic rings. The van der Waals surface area contributed by atoms with Gasteiger partial charge in [-0.2, -0.15) is 13.2 Å². The smallest absolute Gasteiger partial charge is 0.338 e. The van der Waals surface area contributed by atoms with Gasteiger partial charge in [0.1, 0.15) is 18.1 Å². The highest BCUT2D eigenvalue weighted by Gasteiger charge is 2.59. The number of benzene rings is 1. The fourth-order valence-corrected chi connectivity index (χ4v) is 4.04. The van der Waals surface area contributed by atoms with Gasteiger partial charge in [-0.15, -0.1) is 0 Å². The van der Waals surface area contributed by atoms with Gasteiger partial charge in [-0.1, -0.05) is 34.8 Å². The monoisotopic (exact) mass is 521 g/mol. The predicted octanol–water partition coefficient (Wildman–Crippen LogP) is 3.29. The number of carbonyl (C=O) groups is 2. The fourth-order valence-electron chi connectivity index (χ4n) is 3.44. The Morgan fingerprint density at radius 3 is 2.36 bits per heavy atom. The third-order valence-electron chi connectivity index (χ3n) is 5.30. The van der Waals surface area contributed by atoms with Crippen molar-refractivity contribution in [3.05, 3.63) is 56.5 Å². The lowest BCUT2D eigenvalue weighted by Gasteiger charge is -2.31. The molecule has 1 saturated heterocycles. The normalized spacial score (nSPS) is 22.8. The maximum Gasteiger partial charge on any atom is 0.400 e. The summed E-state index contributed by atoms with van der Waals surface area (Å²) in [5.74, 6) is -1.21. The summed E-state index contributed by atoms with van der Waals surface area (Å²) in [7, 11) is 0. The van der Waals surface area contributed by atoms with Gasteiger partial charge < -0.3 is 5.32 Å². The summed E-state index contributed by atoms with van der Waals surface area (Å²) in [5, 5.41) is 2.17. The van der Waals surface area contributed by atoms with Crippen LogP contribution in [-0.2, 0) is 15.0 Å². The van der Waals surface area contributed by atoms with Crippen LogP contribution in [-0.4, -0.2) is 52.9 Å². The van der Waals surface area contributed by atoms with E-state index in [4.69, 9.17) is 39.6 Å². The molecule has 1 aromatic heterocycles. The van der Waals surface area contributed by atoms with Crippen molar-refractivity contribution in [2.75, 3.05) is 13.2 Å². The Kier molecular flexibility index (Phi) is 6.25. The van der Waals surface area contributed by atoms with Gasteiger partial charge in [0.05, 0.1) is 32.9 Å². The van der Waals surface area contributed by atoms with Crippen LogP contribution in [0, 0.1) is 0 Å². The maximum atomic E-state index is 14.2. The minimum Gasteiger partial charge on any atom is -0.338 e. The molecule has 14 heteroatoms. The SMILES string of the molecule is O=C(NC1CONC1=O)c1cnc(C2=NCC(c3cc(Cl)c(Cl)c(Cl)c3)(C(F)(F)F)C2)nc1. The van der Waals surface area contributed by atoms with Gasteiger partial charge in [0.2, 0.25) is 0 Å². The van der Waals surface area contributed by atoms with Crippen LogP contribution in [0.25, 0.3) is 0 Å². The van der Waals surface area contributed by atoms with Gasteiger partial charge in [-0.25, -0.2) is 15.4 Å². The summed E-state index contributed by atoms with van der Waals surface area (Å²) in [6.07, 6.45) is -2.98. The van der Waals surface area contributed by atoms with Crippen LogP contribution in [0.1, 0.15) is 28.2 Å². The number of nitrogens with zero attached hydrogens (tertiary/aromatic N) is 3. The van der Waals surface area contributed by atoms with Crippen molar-refractivity contribution in [1.82, 2.24) is 20.8 Å². The highest BCUT2D eigenvalue weighted by molar-refractivity contribution is 6.48. The van der Waals surface area contributed by atoms with E-state index in [1.54, 1.807) is 0 Å². The first-order chi connectivity index (χ1) is 15.5. The molecule has 0 bridgehead atoms. The van der Waals surface area contributed by atoms with E-state index >= 15 is 0 Å². The van der Waals surface area contributed by atoms with E-state index in [2.05, 4.69) is 25.8 Å². The number of aliphatic imine (C=N–C) groups is 1. The molecule has 2 N–H and O–H groups in total. The number of hydrogen-bond acceptors (Lipinski definition) is 6.